The van der Waals surface area contributed by atoms with Crippen molar-refractivity contribution in [3.05, 3.63) is 41.5 Å². The fraction of sp³-hybridized carbons (Fsp3) is 0.438. The normalized spacial score (nSPS) is 11.6. The van der Waals surface area contributed by atoms with Crippen LogP contribution < -0.4 is 0 Å². The minimum atomic E-state index is -0.919. The van der Waals surface area contributed by atoms with Gasteiger partial charge in [-0.3, -0.25) is 4.90 Å². The first kappa shape index (κ1) is 15.4. The number of aliphatic carboxylic acids is 1. The van der Waals surface area contributed by atoms with E-state index in [2.05, 4.69) is 37.8 Å². The maximum Gasteiger partial charge on any atom is 0.328 e. The van der Waals surface area contributed by atoms with Crippen LogP contribution in [0, 0.1) is 0 Å². The molecule has 0 aliphatic carbocycles. The van der Waals surface area contributed by atoms with E-state index in [-0.39, 0.29) is 0 Å². The first-order chi connectivity index (χ1) is 9.02. The molecule has 19 heavy (non-hydrogen) atoms. The molecule has 3 heteroatoms. The fourth-order valence-electron chi connectivity index (χ4n) is 1.94. The van der Waals surface area contributed by atoms with Crippen molar-refractivity contribution in [2.75, 3.05) is 6.54 Å². The topological polar surface area (TPSA) is 40.5 Å². The van der Waals surface area contributed by atoms with Gasteiger partial charge in [-0.2, -0.15) is 0 Å². The number of carbonyl (C=O) groups is 1. The molecule has 3 nitrogen and oxygen atoms in total. The van der Waals surface area contributed by atoms with E-state index in [1.54, 1.807) is 6.08 Å². The molecule has 0 aliphatic heterocycles. The Morgan fingerprint density at radius 1 is 1.32 bits per heavy atom. The molecule has 1 aromatic rings. The van der Waals surface area contributed by atoms with Crippen LogP contribution in [0.4, 0.5) is 0 Å². The summed E-state index contributed by atoms with van der Waals surface area (Å²) in [6.45, 7) is 8.64. The lowest BCUT2D eigenvalue weighted by molar-refractivity contribution is -0.131. The summed E-state index contributed by atoms with van der Waals surface area (Å²) < 4.78 is 0. The van der Waals surface area contributed by atoms with Crippen LogP contribution in [-0.2, 0) is 11.3 Å². The van der Waals surface area contributed by atoms with Gasteiger partial charge in [-0.15, -0.1) is 0 Å². The molecule has 0 aliphatic rings. The first-order valence-corrected chi connectivity index (χ1v) is 6.77. The van der Waals surface area contributed by atoms with E-state index in [1.807, 2.05) is 12.1 Å². The van der Waals surface area contributed by atoms with Crippen LogP contribution in [0.25, 0.3) is 6.08 Å². The average Bonchev–Trinajstić information content (AvgIpc) is 2.37. The molecule has 0 heterocycles. The lowest BCUT2D eigenvalue weighted by Gasteiger charge is -2.26. The average molecular weight is 261 g/mol. The van der Waals surface area contributed by atoms with E-state index in [9.17, 15) is 4.79 Å². The van der Waals surface area contributed by atoms with E-state index in [1.165, 1.54) is 5.56 Å². The van der Waals surface area contributed by atoms with Crippen LogP contribution in [0.1, 0.15) is 38.3 Å². The maximum atomic E-state index is 10.4. The van der Waals surface area contributed by atoms with Gasteiger partial charge in [-0.25, -0.2) is 4.79 Å². The monoisotopic (exact) mass is 261 g/mol. The second-order valence-corrected chi connectivity index (χ2v) is 4.98. The van der Waals surface area contributed by atoms with Crippen molar-refractivity contribution in [1.29, 1.82) is 0 Å². The highest BCUT2D eigenvalue weighted by Gasteiger charge is 2.08. The molecular weight excluding hydrogens is 238 g/mol. The third-order valence-electron chi connectivity index (χ3n) is 3.02. The predicted molar refractivity (Wildman–Crippen MR) is 78.9 cm³/mol. The summed E-state index contributed by atoms with van der Waals surface area (Å²) in [5.41, 5.74) is 2.17. The molecule has 1 rings (SSSR count). The Morgan fingerprint density at radius 2 is 1.95 bits per heavy atom. The Bertz CT molecular complexity index is 421. The SMILES string of the molecule is CCCN(Cc1ccc(/C=C/C(=O)O)cc1)C(C)C. The zero-order valence-corrected chi connectivity index (χ0v) is 12.0. The van der Waals surface area contributed by atoms with Gasteiger partial charge in [0.1, 0.15) is 0 Å². The Labute approximate surface area is 115 Å². The van der Waals surface area contributed by atoms with Gasteiger partial charge in [0.15, 0.2) is 0 Å². The minimum absolute atomic E-state index is 0.534. The van der Waals surface area contributed by atoms with E-state index in [4.69, 9.17) is 5.11 Å². The number of rotatable bonds is 7. The number of benzene rings is 1. The van der Waals surface area contributed by atoms with E-state index in [0.29, 0.717) is 6.04 Å². The van der Waals surface area contributed by atoms with Crippen LogP contribution in [-0.4, -0.2) is 28.6 Å². The molecule has 0 unspecified atom stereocenters. The third-order valence-corrected chi connectivity index (χ3v) is 3.02. The van der Waals surface area contributed by atoms with Crippen LogP contribution in [0.5, 0.6) is 0 Å². The molecule has 1 aromatic carbocycles. The molecule has 104 valence electrons. The molecule has 0 fully saturated rings. The number of hydrogen-bond acceptors (Lipinski definition) is 2. The summed E-state index contributed by atoms with van der Waals surface area (Å²) in [5, 5.41) is 8.57. The maximum absolute atomic E-state index is 10.4. The van der Waals surface area contributed by atoms with Gasteiger partial charge in [0.05, 0.1) is 0 Å². The zero-order chi connectivity index (χ0) is 14.3. The van der Waals surface area contributed by atoms with Crippen LogP contribution in [0.15, 0.2) is 30.3 Å². The van der Waals surface area contributed by atoms with Crippen molar-refractivity contribution in [3.63, 3.8) is 0 Å². The van der Waals surface area contributed by atoms with Gasteiger partial charge in [0.2, 0.25) is 0 Å². The van der Waals surface area contributed by atoms with Crippen molar-refractivity contribution in [2.45, 2.75) is 39.8 Å². The van der Waals surface area contributed by atoms with Crippen molar-refractivity contribution in [1.82, 2.24) is 4.90 Å². The standard InChI is InChI=1S/C16H23NO2/c1-4-11-17(13(2)3)12-15-7-5-14(6-8-15)9-10-16(18)19/h5-10,13H,4,11-12H2,1-3H3,(H,18,19)/b10-9+. The number of carboxylic acids is 1. The lowest BCUT2D eigenvalue weighted by Crippen LogP contribution is -2.30. The predicted octanol–water partition coefficient (Wildman–Crippen LogP) is 3.40. The highest BCUT2D eigenvalue weighted by atomic mass is 16.4. The largest absolute Gasteiger partial charge is 0.478 e. The molecule has 0 aromatic heterocycles. The summed E-state index contributed by atoms with van der Waals surface area (Å²) in [6, 6.07) is 8.57. The van der Waals surface area contributed by atoms with E-state index >= 15 is 0 Å². The third kappa shape index (κ3) is 5.71. The van der Waals surface area contributed by atoms with Gasteiger partial charge in [0.25, 0.3) is 0 Å². The Morgan fingerprint density at radius 3 is 2.42 bits per heavy atom. The number of hydrogen-bond donors (Lipinski definition) is 1. The summed E-state index contributed by atoms with van der Waals surface area (Å²) >= 11 is 0. The highest BCUT2D eigenvalue weighted by Crippen LogP contribution is 2.11. The molecule has 0 bridgehead atoms. The molecule has 0 atom stereocenters. The van der Waals surface area contributed by atoms with Crippen LogP contribution in [0.3, 0.4) is 0 Å². The van der Waals surface area contributed by atoms with Gasteiger partial charge in [-0.05, 0) is 44.0 Å². The molecule has 1 N–H and O–H groups in total. The molecule has 0 saturated carbocycles. The fourth-order valence-corrected chi connectivity index (χ4v) is 1.94. The van der Waals surface area contributed by atoms with Gasteiger partial charge >= 0.3 is 5.97 Å². The molecule has 0 radical (unpaired) electrons. The Hall–Kier alpha value is -1.61. The quantitative estimate of drug-likeness (QED) is 0.765. The Kier molecular flexibility index (Phi) is 6.30. The van der Waals surface area contributed by atoms with Crippen LogP contribution >= 0.6 is 0 Å². The zero-order valence-electron chi connectivity index (χ0n) is 12.0. The summed E-state index contributed by atoms with van der Waals surface area (Å²) in [4.78, 5) is 12.9. The summed E-state index contributed by atoms with van der Waals surface area (Å²) in [7, 11) is 0. The van der Waals surface area contributed by atoms with Gasteiger partial charge in [-0.1, -0.05) is 31.2 Å². The van der Waals surface area contributed by atoms with Crippen molar-refractivity contribution >= 4 is 12.0 Å². The number of carboxylic acid groups (broad SMARTS) is 1. The second-order valence-electron chi connectivity index (χ2n) is 4.98. The van der Waals surface area contributed by atoms with E-state index in [0.717, 1.165) is 31.1 Å². The molecular formula is C16H23NO2. The minimum Gasteiger partial charge on any atom is -0.478 e. The molecule has 0 amide bonds. The van der Waals surface area contributed by atoms with E-state index < -0.39 is 5.97 Å². The Balaban J connectivity index is 2.67. The smallest absolute Gasteiger partial charge is 0.328 e. The highest BCUT2D eigenvalue weighted by molar-refractivity contribution is 5.85. The second kappa shape index (κ2) is 7.74. The summed E-state index contributed by atoms with van der Waals surface area (Å²) in [6.07, 6.45) is 3.92. The van der Waals surface area contributed by atoms with Crippen molar-refractivity contribution < 1.29 is 9.90 Å². The molecule has 0 saturated heterocycles. The summed E-state index contributed by atoms with van der Waals surface area (Å²) in [5.74, 6) is -0.919. The van der Waals surface area contributed by atoms with Gasteiger partial charge in [0, 0.05) is 18.7 Å². The van der Waals surface area contributed by atoms with Crippen LogP contribution in [0.2, 0.25) is 0 Å². The van der Waals surface area contributed by atoms with Gasteiger partial charge < -0.3 is 5.11 Å². The number of nitrogens with zero attached hydrogens (tertiary/aromatic N) is 1. The molecule has 0 spiro atoms. The first-order valence-electron chi connectivity index (χ1n) is 6.77. The van der Waals surface area contributed by atoms with Crippen molar-refractivity contribution in [2.24, 2.45) is 0 Å². The van der Waals surface area contributed by atoms with Crippen molar-refractivity contribution in [3.8, 4) is 0 Å². The lowest BCUT2D eigenvalue weighted by atomic mass is 10.1.